The molecule has 27 heavy (non-hydrogen) atoms. The zero-order valence-corrected chi connectivity index (χ0v) is 17.1. The first-order valence-electron chi connectivity index (χ1n) is 8.49. The number of thioether (sulfide) groups is 1. The SMILES string of the molecule is C=C(CSc1cnc(NC(=C)Nc2c(F)cccc2F)s1)C/C(=C\C)CC. The molecule has 0 aliphatic heterocycles. The monoisotopic (exact) mass is 407 g/mol. The molecule has 0 saturated carbocycles. The maximum Gasteiger partial charge on any atom is 0.189 e. The molecule has 1 aromatic carbocycles. The summed E-state index contributed by atoms with van der Waals surface area (Å²) in [6.07, 6.45) is 5.85. The van der Waals surface area contributed by atoms with E-state index in [0.717, 1.165) is 22.8 Å². The number of halogens is 2. The zero-order valence-electron chi connectivity index (χ0n) is 15.4. The first-order chi connectivity index (χ1) is 12.9. The van der Waals surface area contributed by atoms with Crippen LogP contribution in [0.25, 0.3) is 0 Å². The molecule has 0 amide bonds. The smallest absolute Gasteiger partial charge is 0.189 e. The van der Waals surface area contributed by atoms with Gasteiger partial charge in [-0.2, -0.15) is 0 Å². The molecule has 1 heterocycles. The van der Waals surface area contributed by atoms with Crippen LogP contribution in [0.3, 0.4) is 0 Å². The summed E-state index contributed by atoms with van der Waals surface area (Å²) in [4.78, 5) is 4.27. The number of hydrogen-bond acceptors (Lipinski definition) is 5. The standard InChI is InChI=1S/C20H23F2N3S2/c1-5-15(6-2)10-13(3)12-26-18-11-23-20(27-18)25-14(4)24-19-16(21)8-7-9-17(19)22/h5,7-9,11,24H,3-4,6,10,12H2,1-2H3,(H,23,25)/b15-5-. The van der Waals surface area contributed by atoms with Gasteiger partial charge in [0.15, 0.2) is 5.13 Å². The average Bonchev–Trinajstić information content (AvgIpc) is 3.08. The molecule has 0 bridgehead atoms. The molecule has 7 heteroatoms. The van der Waals surface area contributed by atoms with E-state index in [0.29, 0.717) is 5.13 Å². The highest BCUT2D eigenvalue weighted by Crippen LogP contribution is 2.31. The Morgan fingerprint density at radius 1 is 1.26 bits per heavy atom. The van der Waals surface area contributed by atoms with E-state index in [1.54, 1.807) is 18.0 Å². The normalized spacial score (nSPS) is 11.3. The number of anilines is 2. The molecule has 2 rings (SSSR count). The minimum atomic E-state index is -0.681. The van der Waals surface area contributed by atoms with Crippen molar-refractivity contribution in [2.75, 3.05) is 16.4 Å². The Labute approximate surface area is 167 Å². The fourth-order valence-corrected chi connectivity index (χ4v) is 4.09. The van der Waals surface area contributed by atoms with Gasteiger partial charge < -0.3 is 10.6 Å². The van der Waals surface area contributed by atoms with Crippen molar-refractivity contribution < 1.29 is 8.78 Å². The van der Waals surface area contributed by atoms with Crippen LogP contribution in [-0.2, 0) is 0 Å². The van der Waals surface area contributed by atoms with Crippen molar-refractivity contribution in [3.05, 3.63) is 72.2 Å². The maximum absolute atomic E-state index is 13.7. The summed E-state index contributed by atoms with van der Waals surface area (Å²) < 4.78 is 28.4. The van der Waals surface area contributed by atoms with Gasteiger partial charge in [-0.05, 0) is 31.9 Å². The summed E-state index contributed by atoms with van der Waals surface area (Å²) in [6, 6.07) is 3.67. The van der Waals surface area contributed by atoms with Crippen LogP contribution < -0.4 is 10.6 Å². The van der Waals surface area contributed by atoms with Gasteiger partial charge in [-0.25, -0.2) is 13.8 Å². The molecular formula is C20H23F2N3S2. The lowest BCUT2D eigenvalue weighted by atomic mass is 10.1. The van der Waals surface area contributed by atoms with Crippen LogP contribution in [0.2, 0.25) is 0 Å². The van der Waals surface area contributed by atoms with E-state index in [4.69, 9.17) is 0 Å². The Hall–Kier alpha value is -2.12. The van der Waals surface area contributed by atoms with E-state index in [2.05, 4.69) is 48.7 Å². The number of para-hydroxylation sites is 1. The third-order valence-electron chi connectivity index (χ3n) is 3.74. The molecule has 0 aliphatic carbocycles. The number of thiazole rings is 1. The third kappa shape index (κ3) is 6.52. The van der Waals surface area contributed by atoms with E-state index in [1.807, 2.05) is 0 Å². The van der Waals surface area contributed by atoms with E-state index in [9.17, 15) is 8.78 Å². The Balaban J connectivity index is 1.86. The lowest BCUT2D eigenvalue weighted by Gasteiger charge is -2.11. The topological polar surface area (TPSA) is 37.0 Å². The van der Waals surface area contributed by atoms with Crippen molar-refractivity contribution in [1.82, 2.24) is 4.98 Å². The van der Waals surface area contributed by atoms with Gasteiger partial charge in [0.2, 0.25) is 0 Å². The lowest BCUT2D eigenvalue weighted by molar-refractivity contribution is 0.590. The molecule has 0 fully saturated rings. The van der Waals surface area contributed by atoms with Crippen molar-refractivity contribution in [2.45, 2.75) is 30.9 Å². The van der Waals surface area contributed by atoms with Crippen LogP contribution in [0, 0.1) is 11.6 Å². The third-order valence-corrected chi connectivity index (χ3v) is 5.99. The van der Waals surface area contributed by atoms with E-state index < -0.39 is 11.6 Å². The van der Waals surface area contributed by atoms with Gasteiger partial charge in [-0.3, -0.25) is 0 Å². The molecule has 144 valence electrons. The number of benzene rings is 1. The molecule has 0 unspecified atom stereocenters. The van der Waals surface area contributed by atoms with Gasteiger partial charge in [-0.15, -0.1) is 11.8 Å². The van der Waals surface area contributed by atoms with Gasteiger partial charge in [0, 0.05) is 5.75 Å². The number of nitrogens with zero attached hydrogens (tertiary/aromatic N) is 1. The molecule has 2 N–H and O–H groups in total. The second kappa shape index (κ2) is 10.3. The highest BCUT2D eigenvalue weighted by Gasteiger charge is 2.10. The maximum atomic E-state index is 13.7. The van der Waals surface area contributed by atoms with Gasteiger partial charge in [0.05, 0.1) is 10.4 Å². The van der Waals surface area contributed by atoms with Crippen LogP contribution in [-0.4, -0.2) is 10.7 Å². The summed E-state index contributed by atoms with van der Waals surface area (Å²) >= 11 is 3.12. The first kappa shape index (κ1) is 21.2. The Kier molecular flexibility index (Phi) is 8.06. The van der Waals surface area contributed by atoms with Crippen LogP contribution in [0.15, 0.2) is 64.8 Å². The molecule has 0 spiro atoms. The average molecular weight is 408 g/mol. The molecule has 3 nitrogen and oxygen atoms in total. The molecule has 1 aromatic heterocycles. The number of aromatic nitrogens is 1. The second-order valence-corrected chi connectivity index (χ2v) is 8.13. The van der Waals surface area contributed by atoms with Crippen molar-refractivity contribution in [3.63, 3.8) is 0 Å². The van der Waals surface area contributed by atoms with E-state index in [-0.39, 0.29) is 11.5 Å². The Bertz CT molecular complexity index is 823. The van der Waals surface area contributed by atoms with E-state index in [1.165, 1.54) is 40.7 Å². The van der Waals surface area contributed by atoms with Crippen molar-refractivity contribution in [2.24, 2.45) is 0 Å². The quantitative estimate of drug-likeness (QED) is 0.335. The Morgan fingerprint density at radius 2 is 1.96 bits per heavy atom. The number of rotatable bonds is 10. The summed E-state index contributed by atoms with van der Waals surface area (Å²) in [5, 5.41) is 6.13. The summed E-state index contributed by atoms with van der Waals surface area (Å²) in [7, 11) is 0. The van der Waals surface area contributed by atoms with Crippen molar-refractivity contribution in [3.8, 4) is 0 Å². The molecule has 0 atom stereocenters. The first-order valence-corrected chi connectivity index (χ1v) is 10.3. The molecule has 2 aromatic rings. The number of nitrogens with one attached hydrogen (secondary N) is 2. The van der Waals surface area contributed by atoms with Crippen LogP contribution in [0.5, 0.6) is 0 Å². The minimum Gasteiger partial charge on any atom is -0.337 e. The van der Waals surface area contributed by atoms with Gasteiger partial charge in [0.1, 0.15) is 23.1 Å². The Morgan fingerprint density at radius 3 is 2.59 bits per heavy atom. The van der Waals surface area contributed by atoms with Gasteiger partial charge >= 0.3 is 0 Å². The molecule has 0 radical (unpaired) electrons. The minimum absolute atomic E-state index is 0.242. The number of hydrogen-bond donors (Lipinski definition) is 2. The number of allylic oxidation sites excluding steroid dienone is 2. The van der Waals surface area contributed by atoms with Crippen LogP contribution in [0.1, 0.15) is 26.7 Å². The predicted octanol–water partition coefficient (Wildman–Crippen LogP) is 6.81. The predicted molar refractivity (Wildman–Crippen MR) is 113 cm³/mol. The largest absolute Gasteiger partial charge is 0.337 e. The zero-order chi connectivity index (χ0) is 19.8. The molecule has 0 aliphatic rings. The fourth-order valence-electron chi connectivity index (χ4n) is 2.29. The van der Waals surface area contributed by atoms with Crippen molar-refractivity contribution >= 4 is 33.9 Å². The summed E-state index contributed by atoms with van der Waals surface area (Å²) in [5.41, 5.74) is 2.31. The van der Waals surface area contributed by atoms with Crippen LogP contribution in [0.4, 0.5) is 19.6 Å². The van der Waals surface area contributed by atoms with Gasteiger partial charge in [-0.1, -0.05) is 54.7 Å². The van der Waals surface area contributed by atoms with E-state index >= 15 is 0 Å². The highest BCUT2D eigenvalue weighted by molar-refractivity contribution is 8.01. The van der Waals surface area contributed by atoms with Crippen LogP contribution >= 0.6 is 23.1 Å². The second-order valence-electron chi connectivity index (χ2n) is 5.83. The fraction of sp³-hybridized carbons (Fsp3) is 0.250. The summed E-state index contributed by atoms with van der Waals surface area (Å²) in [5.74, 6) is -0.299. The summed E-state index contributed by atoms with van der Waals surface area (Å²) in [6.45, 7) is 12.1. The molecule has 0 saturated heterocycles. The highest BCUT2D eigenvalue weighted by atomic mass is 32.2. The molecular weight excluding hydrogens is 384 g/mol. The lowest BCUT2D eigenvalue weighted by Crippen LogP contribution is -2.10. The van der Waals surface area contributed by atoms with Gasteiger partial charge in [0.25, 0.3) is 0 Å². The van der Waals surface area contributed by atoms with Crippen molar-refractivity contribution in [1.29, 1.82) is 0 Å².